The highest BCUT2D eigenvalue weighted by atomic mass is 16.6. The minimum atomic E-state index is -0.379. The number of para-hydroxylation sites is 3. The zero-order valence-corrected chi connectivity index (χ0v) is 61.7. The smallest absolute Gasteiger partial charge is 0.411 e. The molecule has 3 saturated heterocycles. The number of hydrogen-bond donors (Lipinski definition) is 6. The van der Waals surface area contributed by atoms with Crippen LogP contribution in [0.15, 0.2) is 255 Å². The summed E-state index contributed by atoms with van der Waals surface area (Å²) in [5.74, 6) is 0. The van der Waals surface area contributed by atoms with E-state index in [4.69, 9.17) is 19.3 Å². The Morgan fingerprint density at radius 1 is 0.419 bits per heavy atom. The molecule has 6 N–H and O–H groups in total. The van der Waals surface area contributed by atoms with Crippen LogP contribution in [-0.2, 0) is 38.6 Å². The van der Waals surface area contributed by atoms with Crippen LogP contribution in [0.4, 0.5) is 31.4 Å². The average molecular weight is 1420 g/mol. The second-order valence-corrected chi connectivity index (χ2v) is 26.5. The van der Waals surface area contributed by atoms with Crippen molar-refractivity contribution >= 4 is 41.6 Å². The van der Waals surface area contributed by atoms with Crippen molar-refractivity contribution in [3.8, 4) is 33.4 Å². The number of benzene rings is 9. The van der Waals surface area contributed by atoms with E-state index in [0.29, 0.717) is 6.54 Å². The first kappa shape index (κ1) is 80.8. The topological polar surface area (TPSA) is 193 Å². The van der Waals surface area contributed by atoms with Gasteiger partial charge in [0, 0.05) is 95.2 Å². The number of aldehydes is 1. The van der Waals surface area contributed by atoms with Gasteiger partial charge in [-0.3, -0.25) is 25.8 Å². The maximum Gasteiger partial charge on any atom is 0.411 e. The lowest BCUT2D eigenvalue weighted by Crippen LogP contribution is -2.41. The molecule has 3 fully saturated rings. The number of likely N-dealkylation sites (tertiary alicyclic amines) is 2. The Hall–Kier alpha value is -9.86. The van der Waals surface area contributed by atoms with Gasteiger partial charge in [0.05, 0.1) is 30.2 Å². The monoisotopic (exact) mass is 1420 g/mol. The molecule has 0 spiro atoms. The summed E-state index contributed by atoms with van der Waals surface area (Å²) in [6.07, 6.45) is 5.00. The van der Waals surface area contributed by atoms with Crippen LogP contribution in [0.1, 0.15) is 55.2 Å². The van der Waals surface area contributed by atoms with Crippen molar-refractivity contribution < 1.29 is 38.5 Å². The van der Waals surface area contributed by atoms with Gasteiger partial charge in [-0.05, 0) is 131 Å². The van der Waals surface area contributed by atoms with Crippen LogP contribution in [0, 0.1) is 0 Å². The number of rotatable bonds is 25. The molecule has 0 aromatic heterocycles. The zero-order chi connectivity index (χ0) is 73.9. The van der Waals surface area contributed by atoms with Crippen LogP contribution >= 0.6 is 0 Å². The number of aliphatic hydroxyl groups is 1. The molecule has 0 saturated carbocycles. The second kappa shape index (κ2) is 46.8. The zero-order valence-electron chi connectivity index (χ0n) is 61.7. The van der Waals surface area contributed by atoms with Crippen molar-refractivity contribution in [1.82, 2.24) is 35.1 Å². The largest absolute Gasteiger partial charge is 0.446 e. The molecule has 3 amide bonds. The van der Waals surface area contributed by atoms with Gasteiger partial charge in [0.15, 0.2) is 0 Å². The van der Waals surface area contributed by atoms with Crippen LogP contribution in [-0.4, -0.2) is 186 Å². The van der Waals surface area contributed by atoms with E-state index < -0.39 is 0 Å². The van der Waals surface area contributed by atoms with Crippen molar-refractivity contribution in [3.63, 3.8) is 0 Å². The molecular weight excluding hydrogens is 1310 g/mol. The van der Waals surface area contributed by atoms with E-state index in [1.54, 1.807) is 0 Å². The molecule has 18 heteroatoms. The molecule has 18 nitrogen and oxygen atoms in total. The normalized spacial score (nSPS) is 14.1. The number of amides is 3. The van der Waals surface area contributed by atoms with E-state index >= 15 is 0 Å². The van der Waals surface area contributed by atoms with Crippen molar-refractivity contribution in [2.24, 2.45) is 0 Å². The van der Waals surface area contributed by atoms with Crippen LogP contribution in [0.2, 0.25) is 0 Å². The molecule has 0 atom stereocenters. The van der Waals surface area contributed by atoms with E-state index in [1.807, 2.05) is 226 Å². The van der Waals surface area contributed by atoms with Crippen molar-refractivity contribution in [1.29, 1.82) is 0 Å². The van der Waals surface area contributed by atoms with Gasteiger partial charge in [-0.15, -0.1) is 0 Å². The van der Waals surface area contributed by atoms with Crippen molar-refractivity contribution in [3.05, 3.63) is 271 Å². The highest BCUT2D eigenvalue weighted by Crippen LogP contribution is 2.31. The third-order valence-corrected chi connectivity index (χ3v) is 18.2. The van der Waals surface area contributed by atoms with Gasteiger partial charge >= 0.3 is 18.3 Å². The Balaban J connectivity index is 0.000000174. The number of likely N-dealkylation sites (N-methyl/N-ethyl adjacent to an activating group) is 4. The molecule has 3 aliphatic heterocycles. The lowest BCUT2D eigenvalue weighted by Gasteiger charge is -2.32. The number of anilines is 3. The lowest BCUT2D eigenvalue weighted by molar-refractivity contribution is -0.108. The standard InChI is InChI=1S/C28H33N3O2.C21H27N3O2.C18H20N2O2.C10H15NO.C10H13NO/c1-30(22-23-10-4-2-5-11-23)20-21-31-18-16-25(17-19-31)33-28(32)29-27-15-9-8-14-26(27)24-12-6-3-7-13-24;1-22-13-16-24-14-11-18(12-15-24)26-21(25)23-20-10-6-5-9-19(20)17-7-3-2-4-8-17;21-18(22-15-10-12-19-13-11-15)20-17-9-5-4-8-16(17)14-6-2-1-3-7-14;2*1-11(7-8-12)9-10-5-3-2-4-6-10/h2-15,25H,16-22H2,1H3,(H,29,32);2-10,18,22H,11-16H2,1H3,(H,23,25);1-9,15,19H,10-13H2,(H,20,21);2-6,12H,7-9H2,1H3;2-6,8H,7,9H2,1H3. The maximum atomic E-state index is 12.6. The quantitative estimate of drug-likeness (QED) is 0.0234. The number of nitrogens with zero attached hydrogens (tertiary/aromatic N) is 5. The predicted molar refractivity (Wildman–Crippen MR) is 426 cm³/mol. The Kier molecular flexibility index (Phi) is 36.0. The summed E-state index contributed by atoms with van der Waals surface area (Å²) in [5.41, 5.74) is 12.4. The number of carbonyl (C=O) groups is 4. The number of nitrogens with one attached hydrogen (secondary N) is 5. The van der Waals surface area contributed by atoms with Gasteiger partial charge in [-0.1, -0.05) is 237 Å². The molecule has 12 rings (SSSR count). The third-order valence-electron chi connectivity index (χ3n) is 18.2. The molecule has 554 valence electrons. The summed E-state index contributed by atoms with van der Waals surface area (Å²) < 4.78 is 16.9. The Morgan fingerprint density at radius 3 is 1.07 bits per heavy atom. The number of carbonyl (C=O) groups excluding carboxylic acids is 4. The van der Waals surface area contributed by atoms with Crippen LogP contribution < -0.4 is 26.6 Å². The molecule has 3 aliphatic rings. The highest BCUT2D eigenvalue weighted by Gasteiger charge is 2.25. The Bertz CT molecular complexity index is 3870. The predicted octanol–water partition coefficient (Wildman–Crippen LogP) is 15.2. The fourth-order valence-corrected chi connectivity index (χ4v) is 12.5. The van der Waals surface area contributed by atoms with Crippen molar-refractivity contribution in [2.75, 3.05) is 129 Å². The molecule has 9 aromatic rings. The van der Waals surface area contributed by atoms with Crippen LogP contribution in [0.25, 0.3) is 33.4 Å². The first-order valence-corrected chi connectivity index (χ1v) is 36.8. The van der Waals surface area contributed by atoms with Gasteiger partial charge in [-0.2, -0.15) is 0 Å². The summed E-state index contributed by atoms with van der Waals surface area (Å²) in [6.45, 7) is 13.9. The van der Waals surface area contributed by atoms with Crippen LogP contribution in [0.5, 0.6) is 0 Å². The number of hydrogen-bond acceptors (Lipinski definition) is 15. The van der Waals surface area contributed by atoms with E-state index in [9.17, 15) is 19.2 Å². The first-order valence-electron chi connectivity index (χ1n) is 36.8. The third kappa shape index (κ3) is 30.4. The highest BCUT2D eigenvalue weighted by molar-refractivity contribution is 5.93. The van der Waals surface area contributed by atoms with E-state index in [2.05, 4.69) is 108 Å². The second-order valence-electron chi connectivity index (χ2n) is 26.5. The van der Waals surface area contributed by atoms with E-state index in [1.165, 1.54) is 16.7 Å². The minimum absolute atomic E-state index is 0.00476. The fraction of sp³-hybridized carbons (Fsp3) is 0.333. The first-order chi connectivity index (χ1) is 51.4. The summed E-state index contributed by atoms with van der Waals surface area (Å²) in [4.78, 5) is 58.5. The molecule has 0 bridgehead atoms. The molecule has 105 heavy (non-hydrogen) atoms. The van der Waals surface area contributed by atoms with Crippen LogP contribution in [0.3, 0.4) is 0 Å². The number of aliphatic hydroxyl groups excluding tert-OH is 1. The molecule has 0 aliphatic carbocycles. The SMILES string of the molecule is CN(CC=O)Cc1ccccc1.CN(CCN1CCC(OC(=O)Nc2ccccc2-c2ccccc2)CC1)Cc1ccccc1.CN(CCO)Cc1ccccc1.CNCCN1CCC(OC(=O)Nc2ccccc2-c2ccccc2)CC1.O=C(Nc1ccccc1-c1ccccc1)OC1CCNCC1. The number of piperidine rings is 3. The van der Waals surface area contributed by atoms with E-state index in [-0.39, 0.29) is 43.2 Å². The minimum Gasteiger partial charge on any atom is -0.446 e. The van der Waals surface area contributed by atoms with Crippen molar-refractivity contribution in [2.45, 2.75) is 76.5 Å². The molecule has 0 radical (unpaired) electrons. The lowest BCUT2D eigenvalue weighted by atomic mass is 10.0. The average Bonchev–Trinajstić information content (AvgIpc) is 0.851. The number of ether oxygens (including phenoxy) is 3. The Morgan fingerprint density at radius 2 is 0.724 bits per heavy atom. The van der Waals surface area contributed by atoms with Gasteiger partial charge in [0.1, 0.15) is 24.6 Å². The summed E-state index contributed by atoms with van der Waals surface area (Å²) >= 11 is 0. The molecule has 9 aromatic carbocycles. The fourth-order valence-electron chi connectivity index (χ4n) is 12.5. The van der Waals surface area contributed by atoms with Gasteiger partial charge < -0.3 is 49.4 Å². The van der Waals surface area contributed by atoms with E-state index in [0.717, 1.165) is 187 Å². The van der Waals surface area contributed by atoms with Gasteiger partial charge in [0.25, 0.3) is 0 Å². The van der Waals surface area contributed by atoms with Gasteiger partial charge in [-0.25, -0.2) is 14.4 Å². The summed E-state index contributed by atoms with van der Waals surface area (Å²) in [6, 6.07) is 84.4. The molecular formula is C87H108N10O8. The maximum absolute atomic E-state index is 12.6. The Labute approximate surface area is 622 Å². The summed E-state index contributed by atoms with van der Waals surface area (Å²) in [5, 5.41) is 23.8. The summed E-state index contributed by atoms with van der Waals surface area (Å²) in [7, 11) is 8.07. The molecule has 0 unspecified atom stereocenters. The molecule has 3 heterocycles. The van der Waals surface area contributed by atoms with Gasteiger partial charge in [0.2, 0.25) is 0 Å².